The number of nitrogen functional groups attached to an aromatic ring is 1. The van der Waals surface area contributed by atoms with Crippen LogP contribution in [0.1, 0.15) is 25.8 Å². The summed E-state index contributed by atoms with van der Waals surface area (Å²) in [5.41, 5.74) is 8.27. The molecule has 0 radical (unpaired) electrons. The molecule has 0 atom stereocenters. The summed E-state index contributed by atoms with van der Waals surface area (Å²) in [6.07, 6.45) is 4.09. The lowest BCUT2D eigenvalue weighted by Gasteiger charge is -2.33. The molecule has 0 saturated carbocycles. The van der Waals surface area contributed by atoms with Crippen molar-refractivity contribution in [1.29, 1.82) is 0 Å². The van der Waals surface area contributed by atoms with Gasteiger partial charge in [-0.3, -0.25) is 14.6 Å². The van der Waals surface area contributed by atoms with E-state index in [2.05, 4.69) is 29.5 Å². The zero-order chi connectivity index (χ0) is 21.2. The van der Waals surface area contributed by atoms with Crippen LogP contribution in [0.2, 0.25) is 0 Å². The Morgan fingerprint density at radius 1 is 1.45 bits per heavy atom. The number of nitrogens with one attached hydrogen (secondary N) is 2. The number of benzene rings is 1. The van der Waals surface area contributed by atoms with E-state index in [0.717, 1.165) is 12.1 Å². The maximum absolute atomic E-state index is 15.6. The third kappa shape index (κ3) is 3.93. The van der Waals surface area contributed by atoms with Crippen molar-refractivity contribution < 1.29 is 14.0 Å². The zero-order valence-electron chi connectivity index (χ0n) is 16.9. The van der Waals surface area contributed by atoms with Crippen LogP contribution in [-0.2, 0) is 9.59 Å². The van der Waals surface area contributed by atoms with Gasteiger partial charge in [0.05, 0.1) is 28.5 Å². The molecule has 2 aromatic rings. The second kappa shape index (κ2) is 8.16. The molecular formula is C21H26FN5O2. The van der Waals surface area contributed by atoms with Crippen LogP contribution in [0.15, 0.2) is 24.4 Å². The van der Waals surface area contributed by atoms with Gasteiger partial charge in [-0.2, -0.15) is 0 Å². The van der Waals surface area contributed by atoms with Gasteiger partial charge in [-0.15, -0.1) is 0 Å². The van der Waals surface area contributed by atoms with Crippen LogP contribution in [0.3, 0.4) is 0 Å². The van der Waals surface area contributed by atoms with Crippen molar-refractivity contribution in [3.8, 4) is 0 Å². The van der Waals surface area contributed by atoms with E-state index in [1.165, 1.54) is 18.1 Å². The monoisotopic (exact) mass is 399 g/mol. The maximum atomic E-state index is 15.6. The van der Waals surface area contributed by atoms with Gasteiger partial charge < -0.3 is 21.3 Å². The smallest absolute Gasteiger partial charge is 0.221 e. The van der Waals surface area contributed by atoms with Crippen molar-refractivity contribution in [2.75, 3.05) is 37.3 Å². The number of carbonyl (C=O) groups excluding carboxylic acids is 2. The highest BCUT2D eigenvalue weighted by atomic mass is 19.1. The first-order valence-electron chi connectivity index (χ1n) is 9.51. The molecule has 1 aliphatic heterocycles. The third-order valence-electron chi connectivity index (χ3n) is 5.32. The lowest BCUT2D eigenvalue weighted by atomic mass is 9.77. The van der Waals surface area contributed by atoms with Crippen molar-refractivity contribution in [2.24, 2.45) is 5.41 Å². The van der Waals surface area contributed by atoms with Crippen LogP contribution in [-0.4, -0.2) is 44.0 Å². The number of nitrogens with zero attached hydrogens (tertiary/aromatic N) is 2. The second-order valence-electron chi connectivity index (χ2n) is 7.73. The maximum Gasteiger partial charge on any atom is 0.221 e. The van der Waals surface area contributed by atoms with Crippen molar-refractivity contribution in [1.82, 2.24) is 15.6 Å². The van der Waals surface area contributed by atoms with Crippen LogP contribution < -0.4 is 21.3 Å². The molecule has 0 fully saturated rings. The Hall–Kier alpha value is -3.00. The molecule has 0 unspecified atom stereocenters. The van der Waals surface area contributed by atoms with Crippen molar-refractivity contribution in [2.45, 2.75) is 20.3 Å². The Labute approximate surface area is 169 Å². The summed E-state index contributed by atoms with van der Waals surface area (Å²) in [6.45, 7) is 5.63. The molecule has 29 heavy (non-hydrogen) atoms. The number of fused-ring (bicyclic) bond motifs is 1. The van der Waals surface area contributed by atoms with E-state index in [-0.39, 0.29) is 41.0 Å². The molecule has 0 bridgehead atoms. The third-order valence-corrected chi connectivity index (χ3v) is 5.32. The fraction of sp³-hybridized carbons (Fsp3) is 0.381. The molecule has 0 spiro atoms. The fourth-order valence-electron chi connectivity index (χ4n) is 3.68. The first kappa shape index (κ1) is 20.7. The van der Waals surface area contributed by atoms with Gasteiger partial charge in [0.25, 0.3) is 0 Å². The van der Waals surface area contributed by atoms with Gasteiger partial charge in [0.15, 0.2) is 0 Å². The minimum absolute atomic E-state index is 0.101. The van der Waals surface area contributed by atoms with Gasteiger partial charge in [-0.05, 0) is 17.7 Å². The number of hydrogen-bond donors (Lipinski definition) is 3. The molecule has 4 N–H and O–H groups in total. The molecule has 154 valence electrons. The van der Waals surface area contributed by atoms with Crippen LogP contribution in [0.4, 0.5) is 15.8 Å². The predicted molar refractivity (Wildman–Crippen MR) is 113 cm³/mol. The van der Waals surface area contributed by atoms with E-state index in [4.69, 9.17) is 5.73 Å². The number of carbonyl (C=O) groups is 2. The van der Waals surface area contributed by atoms with Crippen LogP contribution in [0, 0.1) is 11.2 Å². The Morgan fingerprint density at radius 3 is 2.86 bits per heavy atom. The SMILES string of the molecule is CNC(=O)CCN(C=O)c1cnc2ccc(C3=CCNCC3(C)C)c(F)c2c1N. The number of pyridine rings is 1. The normalized spacial score (nSPS) is 15.7. The molecule has 0 aliphatic carbocycles. The molecule has 2 amide bonds. The fourth-order valence-corrected chi connectivity index (χ4v) is 3.68. The first-order valence-corrected chi connectivity index (χ1v) is 9.51. The summed E-state index contributed by atoms with van der Waals surface area (Å²) in [5.74, 6) is -0.662. The Balaban J connectivity index is 2.09. The molecule has 7 nitrogen and oxygen atoms in total. The van der Waals surface area contributed by atoms with E-state index in [0.29, 0.717) is 24.0 Å². The molecule has 1 aromatic carbocycles. The largest absolute Gasteiger partial charge is 0.396 e. The quantitative estimate of drug-likeness (QED) is 0.646. The number of halogens is 1. The van der Waals surface area contributed by atoms with Gasteiger partial charge in [0, 0.05) is 44.1 Å². The van der Waals surface area contributed by atoms with Crippen LogP contribution >= 0.6 is 0 Å². The number of nitrogens with two attached hydrogens (primary N) is 1. The number of anilines is 2. The summed E-state index contributed by atoms with van der Waals surface area (Å²) < 4.78 is 15.6. The second-order valence-corrected chi connectivity index (χ2v) is 7.73. The van der Waals surface area contributed by atoms with Crippen LogP contribution in [0.5, 0.6) is 0 Å². The zero-order valence-corrected chi connectivity index (χ0v) is 16.9. The molecule has 0 saturated heterocycles. The van der Waals surface area contributed by atoms with Gasteiger partial charge in [0.1, 0.15) is 5.82 Å². The number of amides is 2. The van der Waals surface area contributed by atoms with E-state index in [1.54, 1.807) is 12.1 Å². The van der Waals surface area contributed by atoms with E-state index < -0.39 is 5.82 Å². The van der Waals surface area contributed by atoms with Gasteiger partial charge in [-0.25, -0.2) is 4.39 Å². The summed E-state index contributed by atoms with van der Waals surface area (Å²) in [6, 6.07) is 3.47. The first-order chi connectivity index (χ1) is 13.8. The molecule has 2 heterocycles. The average molecular weight is 399 g/mol. The molecule has 8 heteroatoms. The molecule has 3 rings (SSSR count). The van der Waals surface area contributed by atoms with E-state index in [9.17, 15) is 9.59 Å². The number of rotatable bonds is 6. The molecule has 1 aromatic heterocycles. The predicted octanol–water partition coefficient (Wildman–Crippen LogP) is 2.07. The topological polar surface area (TPSA) is 100 Å². The molecule has 1 aliphatic rings. The van der Waals surface area contributed by atoms with Gasteiger partial charge in [0.2, 0.25) is 12.3 Å². The summed E-state index contributed by atoms with van der Waals surface area (Å²) in [4.78, 5) is 28.7. The number of hydrogen-bond acceptors (Lipinski definition) is 5. The minimum atomic E-state index is -0.451. The Morgan fingerprint density at radius 2 is 2.21 bits per heavy atom. The number of aromatic nitrogens is 1. The minimum Gasteiger partial charge on any atom is -0.396 e. The Bertz CT molecular complexity index is 987. The lowest BCUT2D eigenvalue weighted by molar-refractivity contribution is -0.120. The summed E-state index contributed by atoms with van der Waals surface area (Å²) in [5, 5.41) is 5.97. The highest BCUT2D eigenvalue weighted by Crippen LogP contribution is 2.40. The van der Waals surface area contributed by atoms with Crippen molar-refractivity contribution >= 4 is 40.2 Å². The summed E-state index contributed by atoms with van der Waals surface area (Å²) in [7, 11) is 1.52. The average Bonchev–Trinajstić information content (AvgIpc) is 2.70. The van der Waals surface area contributed by atoms with Gasteiger partial charge >= 0.3 is 0 Å². The standard InChI is InChI=1S/C21H26FN5O2/c1-21(2)11-25-8-6-14(21)13-4-5-15-18(19(13)22)20(23)16(10-26-15)27(12-28)9-7-17(29)24-3/h4-6,10,12,25H,7-9,11H2,1-3H3,(H2,23,26)(H,24,29). The Kier molecular flexibility index (Phi) is 5.83. The van der Waals surface area contributed by atoms with Crippen molar-refractivity contribution in [3.05, 3.63) is 35.8 Å². The lowest BCUT2D eigenvalue weighted by Crippen LogP contribution is -2.35. The van der Waals surface area contributed by atoms with Gasteiger partial charge in [-0.1, -0.05) is 19.9 Å². The van der Waals surface area contributed by atoms with E-state index >= 15 is 4.39 Å². The van der Waals surface area contributed by atoms with Crippen LogP contribution in [0.25, 0.3) is 16.5 Å². The molecular weight excluding hydrogens is 373 g/mol. The summed E-state index contributed by atoms with van der Waals surface area (Å²) >= 11 is 0. The highest BCUT2D eigenvalue weighted by Gasteiger charge is 2.29. The van der Waals surface area contributed by atoms with E-state index in [1.807, 2.05) is 6.08 Å². The van der Waals surface area contributed by atoms with Crippen molar-refractivity contribution in [3.63, 3.8) is 0 Å². The highest BCUT2D eigenvalue weighted by molar-refractivity contribution is 6.01.